The lowest BCUT2D eigenvalue weighted by Crippen LogP contribution is -2.39. The van der Waals surface area contributed by atoms with Crippen molar-refractivity contribution in [3.63, 3.8) is 0 Å². The average Bonchev–Trinajstić information content (AvgIpc) is 1.98. The largest absolute Gasteiger partial charge is 0.302 e. The van der Waals surface area contributed by atoms with Crippen molar-refractivity contribution < 1.29 is 4.79 Å². The maximum atomic E-state index is 11.1. The number of piperidine rings is 1. The van der Waals surface area contributed by atoms with Crippen LogP contribution in [0.25, 0.3) is 0 Å². The fraction of sp³-hybridized carbons (Fsp3) is 0.889. The second-order valence-electron chi connectivity index (χ2n) is 3.42. The van der Waals surface area contributed by atoms with Gasteiger partial charge in [0.2, 0.25) is 0 Å². The van der Waals surface area contributed by atoms with E-state index in [1.54, 1.807) is 0 Å². The van der Waals surface area contributed by atoms with Gasteiger partial charge in [-0.2, -0.15) is 0 Å². The summed E-state index contributed by atoms with van der Waals surface area (Å²) < 4.78 is 0. The van der Waals surface area contributed by atoms with Gasteiger partial charge in [0.1, 0.15) is 5.78 Å². The second-order valence-corrected chi connectivity index (χ2v) is 3.42. The van der Waals surface area contributed by atoms with E-state index in [4.69, 9.17) is 0 Å². The van der Waals surface area contributed by atoms with Crippen molar-refractivity contribution in [2.45, 2.75) is 26.7 Å². The Balaban J connectivity index is 2.33. The van der Waals surface area contributed by atoms with Crippen LogP contribution in [0, 0.1) is 5.92 Å². The third-order valence-corrected chi connectivity index (χ3v) is 2.30. The van der Waals surface area contributed by atoms with Crippen LogP contribution in [0.15, 0.2) is 0 Å². The molecule has 0 amide bonds. The summed E-state index contributed by atoms with van der Waals surface area (Å²) in [5, 5.41) is 0. The normalized spacial score (nSPS) is 27.5. The molecule has 1 rings (SSSR count). The molecule has 0 aliphatic carbocycles. The molecular weight excluding hydrogens is 138 g/mol. The minimum atomic E-state index is 0.273. The van der Waals surface area contributed by atoms with Gasteiger partial charge in [-0.05, 0) is 13.0 Å². The minimum absolute atomic E-state index is 0.273. The number of Topliss-reactive ketones (excluding diaryl/α,β-unsaturated/α-hetero) is 1. The molecule has 2 nitrogen and oxygen atoms in total. The van der Waals surface area contributed by atoms with Gasteiger partial charge in [-0.3, -0.25) is 4.79 Å². The molecule has 11 heavy (non-hydrogen) atoms. The maximum Gasteiger partial charge on any atom is 0.138 e. The molecule has 1 aliphatic rings. The summed E-state index contributed by atoms with van der Waals surface area (Å²) in [5.41, 5.74) is 0. The van der Waals surface area contributed by atoms with Gasteiger partial charge in [0.05, 0.1) is 0 Å². The molecular formula is C9H17NO. The maximum absolute atomic E-state index is 11.1. The number of ketones is 1. The summed E-state index contributed by atoms with van der Waals surface area (Å²) in [6.45, 7) is 7.33. The molecule has 0 radical (unpaired) electrons. The predicted octanol–water partition coefficient (Wildman–Crippen LogP) is 1.31. The lowest BCUT2D eigenvalue weighted by Gasteiger charge is -2.29. The topological polar surface area (TPSA) is 20.3 Å². The van der Waals surface area contributed by atoms with E-state index in [2.05, 4.69) is 11.8 Å². The minimum Gasteiger partial charge on any atom is -0.302 e. The Kier molecular flexibility index (Phi) is 3.06. The molecule has 2 heteroatoms. The Hall–Kier alpha value is -0.370. The first-order valence-electron chi connectivity index (χ1n) is 4.49. The van der Waals surface area contributed by atoms with Gasteiger partial charge in [-0.1, -0.05) is 13.8 Å². The van der Waals surface area contributed by atoms with Crippen molar-refractivity contribution in [1.29, 1.82) is 0 Å². The average molecular weight is 155 g/mol. The first-order valence-corrected chi connectivity index (χ1v) is 4.49. The molecule has 1 unspecified atom stereocenters. The zero-order chi connectivity index (χ0) is 8.27. The lowest BCUT2D eigenvalue weighted by molar-refractivity contribution is -0.125. The van der Waals surface area contributed by atoms with Crippen LogP contribution >= 0.6 is 0 Å². The van der Waals surface area contributed by atoms with E-state index in [0.717, 1.165) is 26.1 Å². The Bertz CT molecular complexity index is 144. The van der Waals surface area contributed by atoms with Crippen molar-refractivity contribution in [1.82, 2.24) is 4.90 Å². The van der Waals surface area contributed by atoms with Crippen molar-refractivity contribution in [2.75, 3.05) is 19.6 Å². The highest BCUT2D eigenvalue weighted by Gasteiger charge is 2.22. The highest BCUT2D eigenvalue weighted by molar-refractivity contribution is 5.81. The van der Waals surface area contributed by atoms with Crippen molar-refractivity contribution >= 4 is 5.78 Å². The van der Waals surface area contributed by atoms with E-state index in [-0.39, 0.29) is 5.92 Å². The molecule has 0 N–H and O–H groups in total. The van der Waals surface area contributed by atoms with Gasteiger partial charge >= 0.3 is 0 Å². The molecule has 1 aliphatic heterocycles. The number of carbonyl (C=O) groups is 1. The third kappa shape index (κ3) is 2.29. The fourth-order valence-electron chi connectivity index (χ4n) is 1.61. The number of hydrogen-bond acceptors (Lipinski definition) is 2. The van der Waals surface area contributed by atoms with E-state index in [1.165, 1.54) is 6.42 Å². The van der Waals surface area contributed by atoms with Gasteiger partial charge in [0.25, 0.3) is 0 Å². The zero-order valence-electron chi connectivity index (χ0n) is 7.47. The van der Waals surface area contributed by atoms with Crippen LogP contribution in [0.5, 0.6) is 0 Å². The summed E-state index contributed by atoms with van der Waals surface area (Å²) >= 11 is 0. The fourth-order valence-corrected chi connectivity index (χ4v) is 1.61. The molecule has 1 fully saturated rings. The monoisotopic (exact) mass is 155 g/mol. The van der Waals surface area contributed by atoms with E-state index < -0.39 is 0 Å². The molecule has 0 saturated carbocycles. The number of nitrogens with zero attached hydrogens (tertiary/aromatic N) is 1. The summed E-state index contributed by atoms with van der Waals surface area (Å²) in [7, 11) is 0. The van der Waals surface area contributed by atoms with Crippen LogP contribution in [0.4, 0.5) is 0 Å². The van der Waals surface area contributed by atoms with Crippen molar-refractivity contribution in [3.8, 4) is 0 Å². The summed E-state index contributed by atoms with van der Waals surface area (Å²) in [6, 6.07) is 0. The Morgan fingerprint density at radius 3 is 2.91 bits per heavy atom. The molecule has 0 aromatic heterocycles. The van der Waals surface area contributed by atoms with Crippen LogP contribution < -0.4 is 0 Å². The van der Waals surface area contributed by atoms with Crippen LogP contribution in [0.3, 0.4) is 0 Å². The number of hydrogen-bond donors (Lipinski definition) is 0. The predicted molar refractivity (Wildman–Crippen MR) is 45.5 cm³/mol. The van der Waals surface area contributed by atoms with Gasteiger partial charge < -0.3 is 4.90 Å². The zero-order valence-corrected chi connectivity index (χ0v) is 7.47. The van der Waals surface area contributed by atoms with Crippen LogP contribution in [0.1, 0.15) is 26.7 Å². The molecule has 0 bridgehead atoms. The summed E-state index contributed by atoms with van der Waals surface area (Å²) in [4.78, 5) is 13.5. The summed E-state index contributed by atoms with van der Waals surface area (Å²) in [5.74, 6) is 0.715. The van der Waals surface area contributed by atoms with Gasteiger partial charge in [-0.25, -0.2) is 0 Å². The van der Waals surface area contributed by atoms with Gasteiger partial charge in [0, 0.05) is 25.4 Å². The summed E-state index contributed by atoms with van der Waals surface area (Å²) in [6.07, 6.45) is 1.96. The number of likely N-dealkylation sites (tertiary alicyclic amines) is 1. The molecule has 0 aromatic carbocycles. The standard InChI is InChI=1S/C9H17NO/c1-3-5-10-6-4-9(11)8(2)7-10/h8H,3-7H2,1-2H3. The molecule has 1 atom stereocenters. The van der Waals surface area contributed by atoms with E-state index in [9.17, 15) is 4.79 Å². The number of carbonyl (C=O) groups excluding carboxylic acids is 1. The molecule has 64 valence electrons. The highest BCUT2D eigenvalue weighted by atomic mass is 16.1. The molecule has 1 heterocycles. The Labute approximate surface area is 68.6 Å². The highest BCUT2D eigenvalue weighted by Crippen LogP contribution is 2.11. The van der Waals surface area contributed by atoms with Crippen LogP contribution in [-0.4, -0.2) is 30.3 Å². The molecule has 1 saturated heterocycles. The second kappa shape index (κ2) is 3.86. The van der Waals surface area contributed by atoms with Crippen molar-refractivity contribution in [2.24, 2.45) is 5.92 Å². The van der Waals surface area contributed by atoms with Gasteiger partial charge in [-0.15, -0.1) is 0 Å². The first kappa shape index (κ1) is 8.72. The van der Waals surface area contributed by atoms with Crippen LogP contribution in [0.2, 0.25) is 0 Å². The lowest BCUT2D eigenvalue weighted by atomic mass is 9.99. The Morgan fingerprint density at radius 1 is 1.64 bits per heavy atom. The van der Waals surface area contributed by atoms with E-state index in [0.29, 0.717) is 5.78 Å². The first-order chi connectivity index (χ1) is 5.24. The Morgan fingerprint density at radius 2 is 2.36 bits per heavy atom. The quantitative estimate of drug-likeness (QED) is 0.599. The number of rotatable bonds is 2. The SMILES string of the molecule is CCCN1CCC(=O)C(C)C1. The van der Waals surface area contributed by atoms with Crippen molar-refractivity contribution in [3.05, 3.63) is 0 Å². The smallest absolute Gasteiger partial charge is 0.138 e. The molecule has 0 spiro atoms. The van der Waals surface area contributed by atoms with Crippen LogP contribution in [-0.2, 0) is 4.79 Å². The van der Waals surface area contributed by atoms with E-state index >= 15 is 0 Å². The third-order valence-electron chi connectivity index (χ3n) is 2.30. The van der Waals surface area contributed by atoms with Gasteiger partial charge in [0.15, 0.2) is 0 Å². The van der Waals surface area contributed by atoms with E-state index in [1.807, 2.05) is 6.92 Å². The molecule has 0 aromatic rings.